The highest BCUT2D eigenvalue weighted by atomic mass is 19.1. The Morgan fingerprint density at radius 2 is 2.00 bits per heavy atom. The van der Waals surface area contributed by atoms with Crippen LogP contribution in [0.4, 0.5) is 8.78 Å². The third-order valence-electron chi connectivity index (χ3n) is 2.87. The Balaban J connectivity index is 1.82. The molecule has 1 atom stereocenters. The van der Waals surface area contributed by atoms with Crippen LogP contribution in [0.3, 0.4) is 0 Å². The van der Waals surface area contributed by atoms with Crippen LogP contribution in [-0.4, -0.2) is 20.1 Å². The Morgan fingerprint density at radius 1 is 1.24 bits per heavy atom. The van der Waals surface area contributed by atoms with Crippen LogP contribution in [0.1, 0.15) is 17.6 Å². The Labute approximate surface area is 118 Å². The SMILES string of the molecule is N[C@@H](Cc1cnc[nH]1)c1nc(-c2cc(F)cc(F)c2)no1. The van der Waals surface area contributed by atoms with Crippen LogP contribution in [0.2, 0.25) is 0 Å². The van der Waals surface area contributed by atoms with Crippen LogP contribution in [0.15, 0.2) is 35.2 Å². The molecular formula is C13H11F2N5O. The lowest BCUT2D eigenvalue weighted by molar-refractivity contribution is 0.354. The summed E-state index contributed by atoms with van der Waals surface area (Å²) in [5, 5.41) is 3.69. The molecule has 0 fully saturated rings. The lowest BCUT2D eigenvalue weighted by Gasteiger charge is -2.03. The van der Waals surface area contributed by atoms with Gasteiger partial charge in [-0.3, -0.25) is 0 Å². The second kappa shape index (κ2) is 5.41. The minimum Gasteiger partial charge on any atom is -0.348 e. The maximum Gasteiger partial charge on any atom is 0.244 e. The van der Waals surface area contributed by atoms with Crippen LogP contribution >= 0.6 is 0 Å². The zero-order valence-electron chi connectivity index (χ0n) is 10.8. The van der Waals surface area contributed by atoms with Crippen molar-refractivity contribution >= 4 is 0 Å². The molecule has 108 valence electrons. The van der Waals surface area contributed by atoms with Gasteiger partial charge in [-0.25, -0.2) is 13.8 Å². The van der Waals surface area contributed by atoms with Crippen LogP contribution in [0.25, 0.3) is 11.4 Å². The van der Waals surface area contributed by atoms with Gasteiger partial charge in [-0.2, -0.15) is 4.98 Å². The molecule has 3 aromatic rings. The smallest absolute Gasteiger partial charge is 0.244 e. The molecule has 0 saturated heterocycles. The van der Waals surface area contributed by atoms with E-state index in [0.717, 1.165) is 23.9 Å². The molecule has 8 heteroatoms. The van der Waals surface area contributed by atoms with Gasteiger partial charge in [0.2, 0.25) is 11.7 Å². The number of nitrogens with zero attached hydrogens (tertiary/aromatic N) is 3. The van der Waals surface area contributed by atoms with Crippen molar-refractivity contribution in [2.45, 2.75) is 12.5 Å². The number of hydrogen-bond donors (Lipinski definition) is 2. The van der Waals surface area contributed by atoms with Crippen molar-refractivity contribution in [3.63, 3.8) is 0 Å². The van der Waals surface area contributed by atoms with Gasteiger partial charge in [-0.15, -0.1) is 0 Å². The lowest BCUT2D eigenvalue weighted by Crippen LogP contribution is -2.14. The molecule has 0 aliphatic carbocycles. The van der Waals surface area contributed by atoms with Crippen LogP contribution in [0, 0.1) is 11.6 Å². The normalized spacial score (nSPS) is 12.5. The van der Waals surface area contributed by atoms with Crippen LogP contribution in [-0.2, 0) is 6.42 Å². The summed E-state index contributed by atoms with van der Waals surface area (Å²) in [5.41, 5.74) is 6.95. The summed E-state index contributed by atoms with van der Waals surface area (Å²) in [6, 6.07) is 2.48. The van der Waals surface area contributed by atoms with Crippen molar-refractivity contribution in [3.05, 3.63) is 53.9 Å². The molecule has 2 aromatic heterocycles. The second-order valence-electron chi connectivity index (χ2n) is 4.50. The molecule has 1 aromatic carbocycles. The third kappa shape index (κ3) is 2.95. The zero-order valence-corrected chi connectivity index (χ0v) is 10.8. The minimum atomic E-state index is -0.710. The number of hydrogen-bond acceptors (Lipinski definition) is 5. The molecule has 3 N–H and O–H groups in total. The van der Waals surface area contributed by atoms with Crippen LogP contribution in [0.5, 0.6) is 0 Å². The first-order valence-corrected chi connectivity index (χ1v) is 6.15. The Morgan fingerprint density at radius 3 is 2.67 bits per heavy atom. The average molecular weight is 291 g/mol. The van der Waals surface area contributed by atoms with Gasteiger partial charge < -0.3 is 15.2 Å². The molecule has 0 bridgehead atoms. The number of nitrogens with one attached hydrogen (secondary N) is 1. The van der Waals surface area contributed by atoms with Crippen molar-refractivity contribution < 1.29 is 13.3 Å². The maximum atomic E-state index is 13.2. The van der Waals surface area contributed by atoms with Crippen LogP contribution < -0.4 is 5.73 Å². The van der Waals surface area contributed by atoms with Crippen molar-refractivity contribution in [3.8, 4) is 11.4 Å². The van der Waals surface area contributed by atoms with Crippen molar-refractivity contribution in [2.24, 2.45) is 5.73 Å². The highest BCUT2D eigenvalue weighted by Crippen LogP contribution is 2.21. The summed E-state index contributed by atoms with van der Waals surface area (Å²) in [5.74, 6) is -1.15. The molecule has 6 nitrogen and oxygen atoms in total. The quantitative estimate of drug-likeness (QED) is 0.766. The summed E-state index contributed by atoms with van der Waals surface area (Å²) in [6.07, 6.45) is 3.61. The number of imidazole rings is 1. The van der Waals surface area contributed by atoms with Gasteiger partial charge in [0.05, 0.1) is 12.4 Å². The van der Waals surface area contributed by atoms with E-state index >= 15 is 0 Å². The zero-order chi connectivity index (χ0) is 14.8. The monoisotopic (exact) mass is 291 g/mol. The molecule has 21 heavy (non-hydrogen) atoms. The summed E-state index contributed by atoms with van der Waals surface area (Å²) < 4.78 is 31.4. The molecule has 0 saturated carbocycles. The van der Waals surface area contributed by atoms with E-state index in [2.05, 4.69) is 20.1 Å². The molecule has 0 radical (unpaired) electrons. The third-order valence-corrected chi connectivity index (χ3v) is 2.87. The Bertz CT molecular complexity index is 721. The summed E-state index contributed by atoms with van der Waals surface area (Å²) in [6.45, 7) is 0. The predicted molar refractivity (Wildman–Crippen MR) is 68.9 cm³/mol. The van der Waals surface area contributed by atoms with Gasteiger partial charge in [0.15, 0.2) is 0 Å². The molecular weight excluding hydrogens is 280 g/mol. The minimum absolute atomic E-state index is 0.0865. The second-order valence-corrected chi connectivity index (χ2v) is 4.50. The van der Waals surface area contributed by atoms with E-state index in [9.17, 15) is 8.78 Å². The topological polar surface area (TPSA) is 93.6 Å². The molecule has 0 amide bonds. The fourth-order valence-corrected chi connectivity index (χ4v) is 1.91. The first-order chi connectivity index (χ1) is 10.1. The lowest BCUT2D eigenvalue weighted by atomic mass is 10.2. The first-order valence-electron chi connectivity index (χ1n) is 6.15. The summed E-state index contributed by atoms with van der Waals surface area (Å²) in [4.78, 5) is 10.9. The number of halogens is 2. The van der Waals surface area contributed by atoms with Gasteiger partial charge in [0.25, 0.3) is 0 Å². The van der Waals surface area contributed by atoms with Crippen molar-refractivity contribution in [1.29, 1.82) is 0 Å². The van der Waals surface area contributed by atoms with Crippen molar-refractivity contribution in [1.82, 2.24) is 20.1 Å². The number of rotatable bonds is 4. The predicted octanol–water partition coefficient (Wildman–Crippen LogP) is 1.98. The molecule has 2 heterocycles. The van der Waals surface area contributed by atoms with E-state index in [1.54, 1.807) is 6.20 Å². The number of aromatic amines is 1. The highest BCUT2D eigenvalue weighted by Gasteiger charge is 2.17. The molecule has 0 aliphatic rings. The fraction of sp³-hybridized carbons (Fsp3) is 0.154. The van der Waals surface area contributed by atoms with E-state index < -0.39 is 17.7 Å². The molecule has 3 rings (SSSR count). The number of aromatic nitrogens is 4. The summed E-state index contributed by atoms with van der Waals surface area (Å²) in [7, 11) is 0. The van der Waals surface area contributed by atoms with E-state index in [-0.39, 0.29) is 17.3 Å². The van der Waals surface area contributed by atoms with E-state index in [0.29, 0.717) is 6.42 Å². The van der Waals surface area contributed by atoms with Gasteiger partial charge in [0, 0.05) is 29.9 Å². The Kier molecular flexibility index (Phi) is 3.44. The van der Waals surface area contributed by atoms with Gasteiger partial charge >= 0.3 is 0 Å². The van der Waals surface area contributed by atoms with Crippen molar-refractivity contribution in [2.75, 3.05) is 0 Å². The maximum absolute atomic E-state index is 13.2. The fourth-order valence-electron chi connectivity index (χ4n) is 1.91. The van der Waals surface area contributed by atoms with E-state index in [1.165, 1.54) is 6.33 Å². The Hall–Kier alpha value is -2.61. The highest BCUT2D eigenvalue weighted by molar-refractivity contribution is 5.54. The molecule has 0 aliphatic heterocycles. The van der Waals surface area contributed by atoms with Gasteiger partial charge in [-0.1, -0.05) is 5.16 Å². The number of H-pyrrole nitrogens is 1. The molecule has 0 unspecified atom stereocenters. The average Bonchev–Trinajstić information content (AvgIpc) is 3.08. The van der Waals surface area contributed by atoms with E-state index in [4.69, 9.17) is 10.3 Å². The number of nitrogens with two attached hydrogens (primary N) is 1. The van der Waals surface area contributed by atoms with Gasteiger partial charge in [0.1, 0.15) is 11.6 Å². The van der Waals surface area contributed by atoms with Gasteiger partial charge in [-0.05, 0) is 12.1 Å². The summed E-state index contributed by atoms with van der Waals surface area (Å²) >= 11 is 0. The van der Waals surface area contributed by atoms with E-state index in [1.807, 2.05) is 0 Å². The number of benzene rings is 1. The first kappa shape index (κ1) is 13.4. The largest absolute Gasteiger partial charge is 0.348 e. The standard InChI is InChI=1S/C13H11F2N5O/c14-8-1-7(2-9(15)3-8)12-19-13(21-20-12)11(16)4-10-5-17-6-18-10/h1-3,5-6,11H,4,16H2,(H,17,18)/t11-/m0/s1. The molecule has 0 spiro atoms.